The number of nitro groups is 1. The van der Waals surface area contributed by atoms with Gasteiger partial charge >= 0.3 is 0 Å². The van der Waals surface area contributed by atoms with Crippen molar-refractivity contribution in [1.82, 2.24) is 0 Å². The number of nitro benzene ring substituents is 1. The lowest BCUT2D eigenvalue weighted by Gasteiger charge is -2.07. The van der Waals surface area contributed by atoms with E-state index in [4.69, 9.17) is 4.74 Å². The molecule has 2 unspecified atom stereocenters. The number of rotatable bonds is 4. The largest absolute Gasteiger partial charge is 0.497 e. The molecule has 5 heteroatoms. The van der Waals surface area contributed by atoms with Crippen LogP contribution in [0.1, 0.15) is 13.3 Å². The molecule has 1 aromatic carbocycles. The van der Waals surface area contributed by atoms with Crippen LogP contribution < -0.4 is 10.1 Å². The Hall–Kier alpha value is -1.78. The molecule has 0 heterocycles. The van der Waals surface area contributed by atoms with E-state index in [1.54, 1.807) is 19.2 Å². The molecule has 5 nitrogen and oxygen atoms in total. The van der Waals surface area contributed by atoms with Gasteiger partial charge in [0.1, 0.15) is 11.4 Å². The summed E-state index contributed by atoms with van der Waals surface area (Å²) < 4.78 is 5.06. The summed E-state index contributed by atoms with van der Waals surface area (Å²) in [4.78, 5) is 10.4. The topological polar surface area (TPSA) is 64.4 Å². The van der Waals surface area contributed by atoms with E-state index in [1.807, 2.05) is 0 Å². The highest BCUT2D eigenvalue weighted by molar-refractivity contribution is 5.65. The highest BCUT2D eigenvalue weighted by Gasteiger charge is 2.34. The SMILES string of the molecule is COc1ccc([N+](=O)[O-])c(NC2CC2C)c1. The molecule has 1 saturated carbocycles. The van der Waals surface area contributed by atoms with Crippen LogP contribution in [0.5, 0.6) is 5.75 Å². The number of methoxy groups -OCH3 is 1. The standard InChI is InChI=1S/C11H14N2O3/c1-7-5-9(7)12-10-6-8(16-2)3-4-11(10)13(14)15/h3-4,6-7,9,12H,5H2,1-2H3. The van der Waals surface area contributed by atoms with Crippen molar-refractivity contribution in [2.24, 2.45) is 5.92 Å². The van der Waals surface area contributed by atoms with E-state index < -0.39 is 0 Å². The fraction of sp³-hybridized carbons (Fsp3) is 0.455. The van der Waals surface area contributed by atoms with Crippen LogP contribution >= 0.6 is 0 Å². The van der Waals surface area contributed by atoms with Gasteiger partial charge in [-0.05, 0) is 18.4 Å². The molecule has 0 amide bonds. The van der Waals surface area contributed by atoms with Gasteiger partial charge in [-0.15, -0.1) is 0 Å². The molecule has 0 spiro atoms. The zero-order valence-electron chi connectivity index (χ0n) is 9.27. The molecule has 0 aromatic heterocycles. The maximum Gasteiger partial charge on any atom is 0.292 e. The minimum atomic E-state index is -0.380. The van der Waals surface area contributed by atoms with Crippen molar-refractivity contribution in [2.45, 2.75) is 19.4 Å². The summed E-state index contributed by atoms with van der Waals surface area (Å²) in [6, 6.07) is 5.09. The minimum absolute atomic E-state index is 0.0971. The first kappa shape index (κ1) is 10.7. The zero-order valence-corrected chi connectivity index (χ0v) is 9.27. The van der Waals surface area contributed by atoms with Crippen LogP contribution in [0.3, 0.4) is 0 Å². The van der Waals surface area contributed by atoms with Gasteiger partial charge in [0.05, 0.1) is 12.0 Å². The van der Waals surface area contributed by atoms with Crippen LogP contribution in [0.2, 0.25) is 0 Å². The van der Waals surface area contributed by atoms with Crippen molar-refractivity contribution in [2.75, 3.05) is 12.4 Å². The Morgan fingerprint density at radius 2 is 2.25 bits per heavy atom. The van der Waals surface area contributed by atoms with Crippen molar-refractivity contribution in [1.29, 1.82) is 0 Å². The van der Waals surface area contributed by atoms with Crippen LogP contribution in [0, 0.1) is 16.0 Å². The van der Waals surface area contributed by atoms with Crippen molar-refractivity contribution in [3.05, 3.63) is 28.3 Å². The highest BCUT2D eigenvalue weighted by Crippen LogP contribution is 2.37. The number of nitrogens with one attached hydrogen (secondary N) is 1. The quantitative estimate of drug-likeness (QED) is 0.627. The van der Waals surface area contributed by atoms with Crippen molar-refractivity contribution >= 4 is 11.4 Å². The first-order valence-corrected chi connectivity index (χ1v) is 5.21. The van der Waals surface area contributed by atoms with Gasteiger partial charge in [-0.3, -0.25) is 10.1 Å². The molecule has 0 bridgehead atoms. The maximum atomic E-state index is 10.8. The zero-order chi connectivity index (χ0) is 11.7. The second-order valence-corrected chi connectivity index (χ2v) is 4.10. The lowest BCUT2D eigenvalue weighted by Crippen LogP contribution is -2.06. The first-order valence-electron chi connectivity index (χ1n) is 5.21. The number of hydrogen-bond donors (Lipinski definition) is 1. The fourth-order valence-electron chi connectivity index (χ4n) is 1.64. The molecule has 0 radical (unpaired) electrons. The fourth-order valence-corrected chi connectivity index (χ4v) is 1.64. The Morgan fingerprint density at radius 1 is 1.56 bits per heavy atom. The Labute approximate surface area is 93.6 Å². The molecule has 1 aromatic rings. The molecule has 2 rings (SSSR count). The summed E-state index contributed by atoms with van der Waals surface area (Å²) in [6.07, 6.45) is 1.06. The Balaban J connectivity index is 2.26. The van der Waals surface area contributed by atoms with Crippen molar-refractivity contribution in [3.8, 4) is 5.75 Å². The van der Waals surface area contributed by atoms with E-state index in [9.17, 15) is 10.1 Å². The average Bonchev–Trinajstić information content (AvgIpc) is 2.93. The molecule has 86 valence electrons. The van der Waals surface area contributed by atoms with Gasteiger partial charge in [0, 0.05) is 18.2 Å². The maximum absolute atomic E-state index is 10.8. The normalized spacial score (nSPS) is 22.6. The molecular weight excluding hydrogens is 208 g/mol. The summed E-state index contributed by atoms with van der Waals surface area (Å²) in [5.41, 5.74) is 0.638. The Morgan fingerprint density at radius 3 is 2.75 bits per heavy atom. The number of benzene rings is 1. The van der Waals surface area contributed by atoms with E-state index in [-0.39, 0.29) is 10.6 Å². The summed E-state index contributed by atoms with van der Waals surface area (Å²) in [7, 11) is 1.55. The van der Waals surface area contributed by atoms with Crippen LogP contribution in [-0.4, -0.2) is 18.1 Å². The Bertz CT molecular complexity index is 420. The molecule has 1 N–H and O–H groups in total. The smallest absolute Gasteiger partial charge is 0.292 e. The van der Waals surface area contributed by atoms with Gasteiger partial charge in [0.25, 0.3) is 5.69 Å². The van der Waals surface area contributed by atoms with Crippen molar-refractivity contribution in [3.63, 3.8) is 0 Å². The van der Waals surface area contributed by atoms with E-state index in [2.05, 4.69) is 12.2 Å². The number of ether oxygens (including phenoxy) is 1. The molecule has 0 aliphatic heterocycles. The summed E-state index contributed by atoms with van der Waals surface area (Å²) in [5.74, 6) is 1.22. The lowest BCUT2D eigenvalue weighted by molar-refractivity contribution is -0.384. The van der Waals surface area contributed by atoms with E-state index in [1.165, 1.54) is 6.07 Å². The van der Waals surface area contributed by atoms with Gasteiger partial charge in [0.2, 0.25) is 0 Å². The summed E-state index contributed by atoms with van der Waals surface area (Å²) in [5, 5.41) is 14.0. The summed E-state index contributed by atoms with van der Waals surface area (Å²) in [6.45, 7) is 2.11. The molecule has 1 aliphatic rings. The van der Waals surface area contributed by atoms with E-state index in [0.717, 1.165) is 6.42 Å². The highest BCUT2D eigenvalue weighted by atomic mass is 16.6. The van der Waals surface area contributed by atoms with Gasteiger partial charge in [-0.25, -0.2) is 0 Å². The number of nitrogens with zero attached hydrogens (tertiary/aromatic N) is 1. The first-order chi connectivity index (χ1) is 7.61. The minimum Gasteiger partial charge on any atom is -0.497 e. The van der Waals surface area contributed by atoms with E-state index in [0.29, 0.717) is 23.4 Å². The third kappa shape index (κ3) is 2.08. The predicted octanol–water partition coefficient (Wildman–Crippen LogP) is 2.42. The molecule has 2 atom stereocenters. The van der Waals surface area contributed by atoms with Crippen LogP contribution in [0.15, 0.2) is 18.2 Å². The number of hydrogen-bond acceptors (Lipinski definition) is 4. The van der Waals surface area contributed by atoms with Crippen LogP contribution in [0.4, 0.5) is 11.4 Å². The summed E-state index contributed by atoms with van der Waals surface area (Å²) >= 11 is 0. The second kappa shape index (κ2) is 4.00. The number of anilines is 1. The van der Waals surface area contributed by atoms with Crippen molar-refractivity contribution < 1.29 is 9.66 Å². The Kier molecular flexibility index (Phi) is 2.68. The van der Waals surface area contributed by atoms with Gasteiger partial charge in [0.15, 0.2) is 0 Å². The molecule has 0 saturated heterocycles. The monoisotopic (exact) mass is 222 g/mol. The van der Waals surface area contributed by atoms with Crippen LogP contribution in [-0.2, 0) is 0 Å². The third-order valence-electron chi connectivity index (χ3n) is 2.85. The molecule has 16 heavy (non-hydrogen) atoms. The van der Waals surface area contributed by atoms with E-state index >= 15 is 0 Å². The lowest BCUT2D eigenvalue weighted by atomic mass is 10.2. The van der Waals surface area contributed by atoms with Gasteiger partial charge in [-0.1, -0.05) is 6.92 Å². The predicted molar refractivity (Wildman–Crippen MR) is 60.8 cm³/mol. The molecule has 1 aliphatic carbocycles. The molecular formula is C11H14N2O3. The average molecular weight is 222 g/mol. The van der Waals surface area contributed by atoms with Gasteiger partial charge in [-0.2, -0.15) is 0 Å². The molecule has 1 fully saturated rings. The third-order valence-corrected chi connectivity index (χ3v) is 2.85. The second-order valence-electron chi connectivity index (χ2n) is 4.10. The van der Waals surface area contributed by atoms with Gasteiger partial charge < -0.3 is 10.1 Å². The van der Waals surface area contributed by atoms with Crippen LogP contribution in [0.25, 0.3) is 0 Å².